The van der Waals surface area contributed by atoms with Gasteiger partial charge in [0.15, 0.2) is 0 Å². The molecular weight excluding hydrogens is 270 g/mol. The lowest BCUT2D eigenvalue weighted by Crippen LogP contribution is -1.73. The molecule has 0 saturated heterocycles. The van der Waals surface area contributed by atoms with Gasteiger partial charge in [0.2, 0.25) is 0 Å². The van der Waals surface area contributed by atoms with E-state index in [1.165, 1.54) is 25.2 Å². The quantitative estimate of drug-likeness (QED) is 0.450. The van der Waals surface area contributed by atoms with Crippen LogP contribution >= 0.6 is 22.7 Å². The molecule has 0 spiro atoms. The third-order valence-corrected chi connectivity index (χ3v) is 5.32. The van der Waals surface area contributed by atoms with Gasteiger partial charge in [0, 0.05) is 9.58 Å². The molecule has 2 aromatic carbocycles. The number of nitrogens with zero attached hydrogens (tertiary/aromatic N) is 1. The average molecular weight is 281 g/mol. The zero-order valence-electron chi connectivity index (χ0n) is 10.4. The molecule has 4 aromatic rings. The molecule has 0 aliphatic carbocycles. The van der Waals surface area contributed by atoms with Crippen molar-refractivity contribution in [1.82, 2.24) is 4.98 Å². The van der Waals surface area contributed by atoms with Crippen molar-refractivity contribution >= 4 is 43.0 Å². The van der Waals surface area contributed by atoms with Crippen molar-refractivity contribution in [2.45, 2.75) is 6.92 Å². The lowest BCUT2D eigenvalue weighted by atomic mass is 10.1. The van der Waals surface area contributed by atoms with E-state index in [4.69, 9.17) is 0 Å². The number of aryl methyl sites for hydroxylation is 1. The molecule has 0 aliphatic heterocycles. The summed E-state index contributed by atoms with van der Waals surface area (Å²) in [5, 5.41) is 2.44. The predicted molar refractivity (Wildman–Crippen MR) is 85.2 cm³/mol. The van der Waals surface area contributed by atoms with Crippen molar-refractivity contribution in [1.29, 1.82) is 0 Å². The summed E-state index contributed by atoms with van der Waals surface area (Å²) in [7, 11) is 0. The van der Waals surface area contributed by atoms with Crippen molar-refractivity contribution in [3.05, 3.63) is 53.5 Å². The van der Waals surface area contributed by atoms with E-state index in [0.29, 0.717) is 0 Å². The normalized spacial score (nSPS) is 11.4. The first-order valence-corrected chi connectivity index (χ1v) is 7.79. The van der Waals surface area contributed by atoms with Gasteiger partial charge in [-0.05, 0) is 42.1 Å². The molecule has 3 heteroatoms. The minimum absolute atomic E-state index is 1.11. The Labute approximate surface area is 119 Å². The monoisotopic (exact) mass is 281 g/mol. The predicted octanol–water partition coefficient (Wildman–Crippen LogP) is 5.49. The van der Waals surface area contributed by atoms with E-state index in [1.54, 1.807) is 11.3 Å². The Morgan fingerprint density at radius 3 is 2.68 bits per heavy atom. The van der Waals surface area contributed by atoms with E-state index in [9.17, 15) is 0 Å². The lowest BCUT2D eigenvalue weighted by molar-refractivity contribution is 1.35. The Morgan fingerprint density at radius 2 is 1.79 bits per heavy atom. The molecule has 0 atom stereocenters. The fraction of sp³-hybridized carbons (Fsp3) is 0.0625. The molecule has 0 aliphatic rings. The van der Waals surface area contributed by atoms with Gasteiger partial charge >= 0.3 is 0 Å². The summed E-state index contributed by atoms with van der Waals surface area (Å²) in [4.78, 5) is 5.89. The third-order valence-electron chi connectivity index (χ3n) is 3.20. The molecule has 2 heterocycles. The second-order valence-electron chi connectivity index (χ2n) is 4.56. The number of thiazole rings is 1. The Kier molecular flexibility index (Phi) is 2.43. The highest BCUT2D eigenvalue weighted by Crippen LogP contribution is 2.35. The minimum atomic E-state index is 1.11. The molecule has 0 saturated carbocycles. The van der Waals surface area contributed by atoms with Crippen LogP contribution in [0.1, 0.15) is 5.01 Å². The molecule has 0 fully saturated rings. The number of fused-ring (bicyclic) bond motifs is 2. The number of hydrogen-bond acceptors (Lipinski definition) is 3. The van der Waals surface area contributed by atoms with E-state index in [0.717, 1.165) is 10.5 Å². The largest absolute Gasteiger partial charge is 0.241 e. The van der Waals surface area contributed by atoms with Gasteiger partial charge in [-0.15, -0.1) is 22.7 Å². The molecule has 4 rings (SSSR count). The summed E-state index contributed by atoms with van der Waals surface area (Å²) >= 11 is 3.59. The Hall–Kier alpha value is -1.71. The lowest BCUT2D eigenvalue weighted by Gasteiger charge is -1.96. The van der Waals surface area contributed by atoms with Crippen LogP contribution in [0.2, 0.25) is 0 Å². The van der Waals surface area contributed by atoms with Crippen LogP contribution in [0.15, 0.2) is 48.5 Å². The molecule has 19 heavy (non-hydrogen) atoms. The Morgan fingerprint density at radius 1 is 0.895 bits per heavy atom. The van der Waals surface area contributed by atoms with E-state index < -0.39 is 0 Å². The van der Waals surface area contributed by atoms with Gasteiger partial charge in [-0.1, -0.05) is 24.3 Å². The van der Waals surface area contributed by atoms with Crippen LogP contribution in [-0.4, -0.2) is 4.98 Å². The van der Waals surface area contributed by atoms with Gasteiger partial charge in [0.1, 0.15) is 0 Å². The molecule has 92 valence electrons. The second kappa shape index (κ2) is 4.15. The van der Waals surface area contributed by atoms with Crippen LogP contribution in [0.3, 0.4) is 0 Å². The van der Waals surface area contributed by atoms with Gasteiger partial charge in [-0.25, -0.2) is 4.98 Å². The summed E-state index contributed by atoms with van der Waals surface area (Å²) in [6.07, 6.45) is 0. The molecule has 0 unspecified atom stereocenters. The highest BCUT2D eigenvalue weighted by Gasteiger charge is 2.06. The molecule has 1 nitrogen and oxygen atoms in total. The molecule has 0 amide bonds. The molecule has 2 aromatic heterocycles. The van der Waals surface area contributed by atoms with Gasteiger partial charge in [0.25, 0.3) is 0 Å². The van der Waals surface area contributed by atoms with Crippen molar-refractivity contribution < 1.29 is 0 Å². The second-order valence-corrected chi connectivity index (χ2v) is 6.88. The van der Waals surface area contributed by atoms with E-state index in [2.05, 4.69) is 60.4 Å². The molecular formula is C16H11NS2. The van der Waals surface area contributed by atoms with Crippen LogP contribution in [0.5, 0.6) is 0 Å². The fourth-order valence-corrected chi connectivity index (χ4v) is 4.19. The first kappa shape index (κ1) is 11.1. The third kappa shape index (κ3) is 1.86. The average Bonchev–Trinajstić information content (AvgIpc) is 2.99. The minimum Gasteiger partial charge on any atom is -0.241 e. The van der Waals surface area contributed by atoms with Crippen LogP contribution in [0.25, 0.3) is 30.7 Å². The van der Waals surface area contributed by atoms with E-state index in [-0.39, 0.29) is 0 Å². The zero-order chi connectivity index (χ0) is 12.8. The Bertz CT molecular complexity index is 853. The number of rotatable bonds is 1. The van der Waals surface area contributed by atoms with Gasteiger partial charge in [0.05, 0.1) is 15.2 Å². The molecule has 0 radical (unpaired) electrons. The smallest absolute Gasteiger partial charge is 0.0907 e. The first-order valence-electron chi connectivity index (χ1n) is 6.16. The highest BCUT2D eigenvalue weighted by atomic mass is 32.1. The van der Waals surface area contributed by atoms with Gasteiger partial charge < -0.3 is 0 Å². The summed E-state index contributed by atoms with van der Waals surface area (Å²) < 4.78 is 2.61. The van der Waals surface area contributed by atoms with Crippen LogP contribution in [0.4, 0.5) is 0 Å². The zero-order valence-corrected chi connectivity index (χ0v) is 12.0. The summed E-state index contributed by atoms with van der Waals surface area (Å²) in [6, 6.07) is 17.4. The van der Waals surface area contributed by atoms with E-state index >= 15 is 0 Å². The fourth-order valence-electron chi connectivity index (χ4n) is 2.32. The summed E-state index contributed by atoms with van der Waals surface area (Å²) in [5.41, 5.74) is 2.37. The van der Waals surface area contributed by atoms with Crippen molar-refractivity contribution in [3.63, 3.8) is 0 Å². The van der Waals surface area contributed by atoms with Crippen LogP contribution in [-0.2, 0) is 0 Å². The van der Waals surface area contributed by atoms with Gasteiger partial charge in [-0.3, -0.25) is 0 Å². The number of benzene rings is 2. The van der Waals surface area contributed by atoms with Crippen molar-refractivity contribution in [2.75, 3.05) is 0 Å². The van der Waals surface area contributed by atoms with E-state index in [1.807, 2.05) is 11.3 Å². The molecule has 0 bridgehead atoms. The van der Waals surface area contributed by atoms with Crippen LogP contribution in [0, 0.1) is 6.92 Å². The standard InChI is InChI=1S/C16H11NS2/c1-10-17-13-8-12(6-7-15(13)18-10)16-9-11-4-2-3-5-14(11)19-16/h2-9H,1H3. The topological polar surface area (TPSA) is 12.9 Å². The van der Waals surface area contributed by atoms with Crippen molar-refractivity contribution in [2.24, 2.45) is 0 Å². The van der Waals surface area contributed by atoms with Gasteiger partial charge in [-0.2, -0.15) is 0 Å². The number of thiophene rings is 1. The van der Waals surface area contributed by atoms with Crippen LogP contribution < -0.4 is 0 Å². The number of aromatic nitrogens is 1. The maximum Gasteiger partial charge on any atom is 0.0907 e. The maximum atomic E-state index is 4.58. The SMILES string of the molecule is Cc1nc2cc(-c3cc4ccccc4s3)ccc2s1. The summed E-state index contributed by atoms with van der Waals surface area (Å²) in [6.45, 7) is 2.06. The summed E-state index contributed by atoms with van der Waals surface area (Å²) in [5.74, 6) is 0. The highest BCUT2D eigenvalue weighted by molar-refractivity contribution is 7.22. The van der Waals surface area contributed by atoms with Crippen molar-refractivity contribution in [3.8, 4) is 10.4 Å². The first-order chi connectivity index (χ1) is 9.29. The molecule has 0 N–H and O–H groups in total. The number of hydrogen-bond donors (Lipinski definition) is 0. The maximum absolute atomic E-state index is 4.58. The Balaban J connectivity index is 1.92.